The Morgan fingerprint density at radius 1 is 0.967 bits per heavy atom. The number of nitriles is 1. The molecule has 0 amide bonds. The Hall–Kier alpha value is -3.39. The predicted molar refractivity (Wildman–Crippen MR) is 122 cm³/mol. The third kappa shape index (κ3) is 4.96. The molecule has 0 saturated heterocycles. The number of rotatable bonds is 8. The van der Waals surface area contributed by atoms with Gasteiger partial charge < -0.3 is 14.9 Å². The summed E-state index contributed by atoms with van der Waals surface area (Å²) >= 11 is 6.28. The van der Waals surface area contributed by atoms with Crippen molar-refractivity contribution < 1.29 is 9.47 Å². The van der Waals surface area contributed by atoms with E-state index in [1.165, 1.54) is 6.21 Å². The lowest BCUT2D eigenvalue weighted by atomic mass is 9.95. The van der Waals surface area contributed by atoms with Crippen molar-refractivity contribution in [3.05, 3.63) is 87.9 Å². The van der Waals surface area contributed by atoms with Gasteiger partial charge in [-0.2, -0.15) is 5.26 Å². The minimum absolute atomic E-state index is 0.376. The second-order valence-corrected chi connectivity index (χ2v) is 6.89. The fourth-order valence-electron chi connectivity index (χ4n) is 3.07. The molecular formula is C25H21ClN2O2. The number of benzene rings is 3. The molecule has 0 spiro atoms. The Labute approximate surface area is 181 Å². The number of hydrogen-bond acceptors (Lipinski definition) is 4. The van der Waals surface area contributed by atoms with E-state index in [1.807, 2.05) is 60.7 Å². The average Bonchev–Trinajstić information content (AvgIpc) is 2.79. The highest BCUT2D eigenvalue weighted by Gasteiger charge is 2.10. The van der Waals surface area contributed by atoms with E-state index in [1.54, 1.807) is 19.2 Å². The third-order valence-electron chi connectivity index (χ3n) is 4.57. The van der Waals surface area contributed by atoms with E-state index in [-0.39, 0.29) is 0 Å². The molecular weight excluding hydrogens is 396 g/mol. The van der Waals surface area contributed by atoms with Gasteiger partial charge in [-0.15, -0.1) is 0 Å². The second kappa shape index (κ2) is 10.4. The van der Waals surface area contributed by atoms with Crippen LogP contribution in [0.2, 0.25) is 5.02 Å². The third-order valence-corrected chi connectivity index (χ3v) is 4.87. The zero-order chi connectivity index (χ0) is 21.3. The van der Waals surface area contributed by atoms with Crippen molar-refractivity contribution in [2.45, 2.75) is 0 Å². The van der Waals surface area contributed by atoms with Gasteiger partial charge in [-0.25, -0.2) is 0 Å². The summed E-state index contributed by atoms with van der Waals surface area (Å²) in [5, 5.41) is 17.9. The van der Waals surface area contributed by atoms with E-state index in [0.29, 0.717) is 35.1 Å². The molecule has 0 radical (unpaired) electrons. The lowest BCUT2D eigenvalue weighted by Crippen LogP contribution is -2.05. The maximum atomic E-state index is 9.79. The van der Waals surface area contributed by atoms with Crippen molar-refractivity contribution in [3.8, 4) is 22.9 Å². The van der Waals surface area contributed by atoms with E-state index >= 15 is 0 Å². The van der Waals surface area contributed by atoms with Gasteiger partial charge in [0.1, 0.15) is 18.4 Å². The molecule has 1 N–H and O–H groups in total. The van der Waals surface area contributed by atoms with Crippen molar-refractivity contribution in [2.24, 2.45) is 0 Å². The Morgan fingerprint density at radius 2 is 1.73 bits per heavy atom. The van der Waals surface area contributed by atoms with Crippen LogP contribution in [-0.2, 0) is 4.74 Å². The maximum absolute atomic E-state index is 9.79. The van der Waals surface area contributed by atoms with Gasteiger partial charge in [0.15, 0.2) is 0 Å². The van der Waals surface area contributed by atoms with Crippen LogP contribution in [0, 0.1) is 16.7 Å². The molecule has 0 aliphatic carbocycles. The SMILES string of the molecule is COCCOc1cc(/C=C/c2cccc(-c3ccccc3)c2C#N)c(C=N)cc1Cl. The summed E-state index contributed by atoms with van der Waals surface area (Å²) in [5.74, 6) is 0.525. The summed E-state index contributed by atoms with van der Waals surface area (Å²) in [6, 6.07) is 21.4. The minimum Gasteiger partial charge on any atom is -0.490 e. The number of methoxy groups -OCH3 is 1. The van der Waals surface area contributed by atoms with Gasteiger partial charge in [-0.05, 0) is 28.8 Å². The van der Waals surface area contributed by atoms with Crippen molar-refractivity contribution >= 4 is 30.0 Å². The first kappa shape index (κ1) is 21.3. The number of ether oxygens (including phenoxy) is 2. The van der Waals surface area contributed by atoms with E-state index in [9.17, 15) is 5.26 Å². The smallest absolute Gasteiger partial charge is 0.138 e. The first-order valence-electron chi connectivity index (χ1n) is 9.40. The number of halogens is 1. The van der Waals surface area contributed by atoms with Crippen LogP contribution in [0.15, 0.2) is 60.7 Å². The van der Waals surface area contributed by atoms with Crippen LogP contribution in [0.1, 0.15) is 22.3 Å². The number of hydrogen-bond donors (Lipinski definition) is 1. The first-order chi connectivity index (χ1) is 14.7. The van der Waals surface area contributed by atoms with Gasteiger partial charge in [0.2, 0.25) is 0 Å². The van der Waals surface area contributed by atoms with Gasteiger partial charge in [0, 0.05) is 24.5 Å². The molecule has 3 aromatic carbocycles. The monoisotopic (exact) mass is 416 g/mol. The lowest BCUT2D eigenvalue weighted by Gasteiger charge is -2.11. The Balaban J connectivity index is 1.98. The van der Waals surface area contributed by atoms with Gasteiger partial charge >= 0.3 is 0 Å². The molecule has 0 fully saturated rings. The van der Waals surface area contributed by atoms with Crippen molar-refractivity contribution in [1.82, 2.24) is 0 Å². The Kier molecular flexibility index (Phi) is 7.40. The van der Waals surface area contributed by atoms with Gasteiger partial charge in [-0.1, -0.05) is 72.3 Å². The molecule has 0 unspecified atom stereocenters. The van der Waals surface area contributed by atoms with E-state index < -0.39 is 0 Å². The van der Waals surface area contributed by atoms with Crippen LogP contribution in [0.4, 0.5) is 0 Å². The first-order valence-corrected chi connectivity index (χ1v) is 9.78. The molecule has 3 aromatic rings. The van der Waals surface area contributed by atoms with Gasteiger partial charge in [0.05, 0.1) is 17.2 Å². The largest absolute Gasteiger partial charge is 0.490 e. The summed E-state index contributed by atoms with van der Waals surface area (Å²) in [6.07, 6.45) is 4.99. The van der Waals surface area contributed by atoms with Gasteiger partial charge in [0.25, 0.3) is 0 Å². The summed E-state index contributed by atoms with van der Waals surface area (Å²) in [7, 11) is 1.60. The zero-order valence-corrected chi connectivity index (χ0v) is 17.3. The molecule has 0 aromatic heterocycles. The van der Waals surface area contributed by atoms with Crippen molar-refractivity contribution in [1.29, 1.82) is 10.7 Å². The quantitative estimate of drug-likeness (QED) is 0.275. The van der Waals surface area contributed by atoms with Crippen LogP contribution in [-0.4, -0.2) is 26.5 Å². The molecule has 150 valence electrons. The summed E-state index contributed by atoms with van der Waals surface area (Å²) in [4.78, 5) is 0. The fraction of sp³-hybridized carbons (Fsp3) is 0.120. The zero-order valence-electron chi connectivity index (χ0n) is 16.6. The average molecular weight is 417 g/mol. The molecule has 0 bridgehead atoms. The molecule has 0 atom stereocenters. The van der Waals surface area contributed by atoms with Crippen LogP contribution in [0.3, 0.4) is 0 Å². The van der Waals surface area contributed by atoms with E-state index in [4.69, 9.17) is 26.5 Å². The molecule has 0 heterocycles. The molecule has 4 nitrogen and oxygen atoms in total. The normalized spacial score (nSPS) is 10.7. The van der Waals surface area contributed by atoms with Gasteiger partial charge in [-0.3, -0.25) is 0 Å². The standard InChI is InChI=1S/C25H21ClN2O2/c1-29-12-13-30-25-15-20(21(16-27)14-24(25)26)11-10-19-8-5-9-22(23(19)17-28)18-6-3-2-4-7-18/h2-11,14-16,27H,12-13H2,1H3/b11-10+,27-16?. The second-order valence-electron chi connectivity index (χ2n) is 6.48. The lowest BCUT2D eigenvalue weighted by molar-refractivity contribution is 0.146. The van der Waals surface area contributed by atoms with Crippen LogP contribution >= 0.6 is 11.6 Å². The number of nitrogens with zero attached hydrogens (tertiary/aromatic N) is 1. The molecule has 3 rings (SSSR count). The molecule has 0 aliphatic heterocycles. The Bertz CT molecular complexity index is 1100. The van der Waals surface area contributed by atoms with E-state index in [2.05, 4.69) is 6.07 Å². The minimum atomic E-state index is 0.376. The predicted octanol–water partition coefficient (Wildman–Crippen LogP) is 6.07. The number of nitrogens with one attached hydrogen (secondary N) is 1. The summed E-state index contributed by atoms with van der Waals surface area (Å²) in [6.45, 7) is 0.826. The highest BCUT2D eigenvalue weighted by molar-refractivity contribution is 6.32. The van der Waals surface area contributed by atoms with Crippen LogP contribution < -0.4 is 4.74 Å². The van der Waals surface area contributed by atoms with E-state index in [0.717, 1.165) is 22.3 Å². The highest BCUT2D eigenvalue weighted by Crippen LogP contribution is 2.30. The van der Waals surface area contributed by atoms with Crippen molar-refractivity contribution in [2.75, 3.05) is 20.3 Å². The van der Waals surface area contributed by atoms with Crippen LogP contribution in [0.5, 0.6) is 5.75 Å². The maximum Gasteiger partial charge on any atom is 0.138 e. The highest BCUT2D eigenvalue weighted by atomic mass is 35.5. The summed E-state index contributed by atoms with van der Waals surface area (Å²) in [5.41, 5.74) is 4.70. The summed E-state index contributed by atoms with van der Waals surface area (Å²) < 4.78 is 10.7. The molecule has 5 heteroatoms. The topological polar surface area (TPSA) is 66.1 Å². The van der Waals surface area contributed by atoms with Crippen LogP contribution in [0.25, 0.3) is 23.3 Å². The van der Waals surface area contributed by atoms with Crippen molar-refractivity contribution in [3.63, 3.8) is 0 Å². The molecule has 30 heavy (non-hydrogen) atoms. The molecule has 0 aliphatic rings. The fourth-order valence-corrected chi connectivity index (χ4v) is 3.30. The molecule has 0 saturated carbocycles. The Morgan fingerprint density at radius 3 is 2.43 bits per heavy atom.